The van der Waals surface area contributed by atoms with Crippen LogP contribution >= 0.6 is 12.4 Å². The topological polar surface area (TPSA) is 46.0 Å². The lowest BCUT2D eigenvalue weighted by Crippen LogP contribution is -2.37. The molecule has 1 saturated heterocycles. The van der Waals surface area contributed by atoms with Crippen LogP contribution in [0.3, 0.4) is 0 Å². The van der Waals surface area contributed by atoms with Gasteiger partial charge in [0, 0.05) is 19.1 Å². The van der Waals surface area contributed by atoms with Crippen molar-refractivity contribution in [1.82, 2.24) is 25.0 Å². The number of hydrogen-bond acceptors (Lipinski definition) is 4. The highest BCUT2D eigenvalue weighted by molar-refractivity contribution is 5.85. The highest BCUT2D eigenvalue weighted by Crippen LogP contribution is 2.12. The molecular weight excluding hydrogens is 262 g/mol. The fourth-order valence-electron chi connectivity index (χ4n) is 2.62. The van der Waals surface area contributed by atoms with Crippen LogP contribution in [-0.2, 0) is 13.1 Å². The van der Waals surface area contributed by atoms with Gasteiger partial charge in [-0.15, -0.1) is 12.4 Å². The molecule has 0 aliphatic carbocycles. The van der Waals surface area contributed by atoms with E-state index in [1.807, 2.05) is 4.68 Å². The minimum atomic E-state index is 0. The molecule has 2 heterocycles. The predicted octanol–water partition coefficient (Wildman–Crippen LogP) is 1.68. The second-order valence-corrected chi connectivity index (χ2v) is 5.02. The summed E-state index contributed by atoms with van der Waals surface area (Å²) in [5, 5.41) is 7.76. The van der Waals surface area contributed by atoms with Gasteiger partial charge < -0.3 is 5.32 Å². The van der Waals surface area contributed by atoms with Crippen LogP contribution in [0.25, 0.3) is 0 Å². The first kappa shape index (κ1) is 16.4. The maximum atomic E-state index is 4.42. The summed E-state index contributed by atoms with van der Waals surface area (Å²) >= 11 is 0. The largest absolute Gasteiger partial charge is 0.315 e. The molecule has 0 radical (unpaired) electrons. The summed E-state index contributed by atoms with van der Waals surface area (Å²) in [5.41, 5.74) is 0. The van der Waals surface area contributed by atoms with Crippen LogP contribution in [0.2, 0.25) is 0 Å². The molecular formula is C13H26ClN5. The van der Waals surface area contributed by atoms with E-state index in [9.17, 15) is 0 Å². The van der Waals surface area contributed by atoms with Gasteiger partial charge in [0.15, 0.2) is 0 Å². The van der Waals surface area contributed by atoms with Crippen LogP contribution in [0.4, 0.5) is 0 Å². The van der Waals surface area contributed by atoms with Crippen molar-refractivity contribution in [2.24, 2.45) is 0 Å². The second-order valence-electron chi connectivity index (χ2n) is 5.02. The zero-order valence-electron chi connectivity index (χ0n) is 12.0. The van der Waals surface area contributed by atoms with E-state index in [1.54, 1.807) is 6.33 Å². The molecule has 2 rings (SSSR count). The van der Waals surface area contributed by atoms with Crippen molar-refractivity contribution < 1.29 is 0 Å². The Labute approximate surface area is 122 Å². The Bertz CT molecular complexity index is 349. The highest BCUT2D eigenvalue weighted by Gasteiger charge is 2.23. The molecule has 5 nitrogen and oxygen atoms in total. The summed E-state index contributed by atoms with van der Waals surface area (Å²) in [6.07, 6.45) is 5.23. The lowest BCUT2D eigenvalue weighted by atomic mass is 10.2. The minimum Gasteiger partial charge on any atom is -0.315 e. The Morgan fingerprint density at radius 2 is 2.26 bits per heavy atom. The summed E-state index contributed by atoms with van der Waals surface area (Å²) in [6, 6.07) is 0.664. The average molecular weight is 288 g/mol. The monoisotopic (exact) mass is 287 g/mol. The van der Waals surface area contributed by atoms with Gasteiger partial charge >= 0.3 is 0 Å². The molecule has 0 aromatic carbocycles. The van der Waals surface area contributed by atoms with Crippen molar-refractivity contribution in [2.75, 3.05) is 19.6 Å². The number of halogens is 1. The quantitative estimate of drug-likeness (QED) is 0.829. The fourth-order valence-corrected chi connectivity index (χ4v) is 2.62. The first-order valence-corrected chi connectivity index (χ1v) is 7.16. The number of nitrogens with one attached hydrogen (secondary N) is 1. The van der Waals surface area contributed by atoms with Gasteiger partial charge in [0.2, 0.25) is 0 Å². The van der Waals surface area contributed by atoms with E-state index < -0.39 is 0 Å². The number of hydrogen-bond donors (Lipinski definition) is 1. The van der Waals surface area contributed by atoms with E-state index in [0.29, 0.717) is 6.04 Å². The molecule has 1 unspecified atom stereocenters. The van der Waals surface area contributed by atoms with E-state index in [1.165, 1.54) is 12.8 Å². The van der Waals surface area contributed by atoms with Gasteiger partial charge in [-0.3, -0.25) is 4.90 Å². The summed E-state index contributed by atoms with van der Waals surface area (Å²) in [6.45, 7) is 9.72. The zero-order chi connectivity index (χ0) is 12.8. The molecule has 1 aromatic heterocycles. The van der Waals surface area contributed by atoms with E-state index in [-0.39, 0.29) is 12.4 Å². The van der Waals surface area contributed by atoms with Gasteiger partial charge in [0.05, 0.1) is 6.54 Å². The third kappa shape index (κ3) is 4.44. The molecule has 6 heteroatoms. The molecule has 0 bridgehead atoms. The van der Waals surface area contributed by atoms with Gasteiger partial charge in [0.25, 0.3) is 0 Å². The summed E-state index contributed by atoms with van der Waals surface area (Å²) < 4.78 is 2.05. The van der Waals surface area contributed by atoms with Crippen LogP contribution in [0.5, 0.6) is 0 Å². The number of aryl methyl sites for hydroxylation is 1. The third-order valence-electron chi connectivity index (χ3n) is 3.54. The zero-order valence-corrected chi connectivity index (χ0v) is 12.8. The van der Waals surface area contributed by atoms with Gasteiger partial charge in [-0.05, 0) is 32.4 Å². The molecule has 1 aliphatic rings. The Hall–Kier alpha value is -0.650. The normalized spacial score (nSPS) is 18.8. The Morgan fingerprint density at radius 1 is 1.42 bits per heavy atom. The van der Waals surface area contributed by atoms with Crippen molar-refractivity contribution in [3.05, 3.63) is 12.2 Å². The molecule has 1 fully saturated rings. The summed E-state index contributed by atoms with van der Waals surface area (Å²) in [4.78, 5) is 6.97. The van der Waals surface area contributed by atoms with Crippen molar-refractivity contribution in [3.8, 4) is 0 Å². The van der Waals surface area contributed by atoms with E-state index in [4.69, 9.17) is 0 Å². The Kier molecular flexibility index (Phi) is 7.34. The summed E-state index contributed by atoms with van der Waals surface area (Å²) in [5.74, 6) is 1.11. The first-order valence-electron chi connectivity index (χ1n) is 7.16. The van der Waals surface area contributed by atoms with Crippen LogP contribution in [-0.4, -0.2) is 45.3 Å². The predicted molar refractivity (Wildman–Crippen MR) is 79.5 cm³/mol. The number of nitrogens with zero attached hydrogens (tertiary/aromatic N) is 4. The molecule has 0 saturated carbocycles. The molecule has 1 N–H and O–H groups in total. The van der Waals surface area contributed by atoms with Crippen molar-refractivity contribution in [1.29, 1.82) is 0 Å². The minimum absolute atomic E-state index is 0. The maximum absolute atomic E-state index is 4.42. The highest BCUT2D eigenvalue weighted by atomic mass is 35.5. The van der Waals surface area contributed by atoms with Crippen LogP contribution in [0.15, 0.2) is 6.33 Å². The molecule has 19 heavy (non-hydrogen) atoms. The van der Waals surface area contributed by atoms with Crippen molar-refractivity contribution in [2.45, 2.75) is 52.2 Å². The van der Waals surface area contributed by atoms with Crippen molar-refractivity contribution in [3.63, 3.8) is 0 Å². The summed E-state index contributed by atoms with van der Waals surface area (Å²) in [7, 11) is 0. The smallest absolute Gasteiger partial charge is 0.141 e. The average Bonchev–Trinajstić information content (AvgIpc) is 3.01. The molecule has 1 atom stereocenters. The van der Waals surface area contributed by atoms with Gasteiger partial charge in [-0.1, -0.05) is 13.8 Å². The molecule has 1 aliphatic heterocycles. The number of aromatic nitrogens is 3. The molecule has 1 aromatic rings. The molecule has 0 spiro atoms. The Morgan fingerprint density at radius 3 is 2.89 bits per heavy atom. The standard InChI is InChI=1S/C13H25N5.ClH/c1-3-7-17(12-5-6-14-9-12)10-13-15-11-16-18(13)8-4-2;/h11-12,14H,3-10H2,1-2H3;1H. The lowest BCUT2D eigenvalue weighted by Gasteiger charge is -2.27. The van der Waals surface area contributed by atoms with Gasteiger partial charge in [-0.25, -0.2) is 9.67 Å². The molecule has 110 valence electrons. The van der Waals surface area contributed by atoms with E-state index >= 15 is 0 Å². The SMILES string of the molecule is CCCN(Cc1ncnn1CCC)C1CCNC1.Cl. The van der Waals surface area contributed by atoms with E-state index in [0.717, 1.165) is 45.0 Å². The van der Waals surface area contributed by atoms with E-state index in [2.05, 4.69) is 34.1 Å². The van der Waals surface area contributed by atoms with Gasteiger partial charge in [-0.2, -0.15) is 5.10 Å². The van der Waals surface area contributed by atoms with Gasteiger partial charge in [0.1, 0.15) is 12.2 Å². The first-order chi connectivity index (χ1) is 8.85. The molecule has 0 amide bonds. The van der Waals surface area contributed by atoms with Crippen molar-refractivity contribution >= 4 is 12.4 Å². The van der Waals surface area contributed by atoms with Crippen LogP contribution in [0.1, 0.15) is 38.9 Å². The van der Waals surface area contributed by atoms with Crippen LogP contribution < -0.4 is 5.32 Å². The lowest BCUT2D eigenvalue weighted by molar-refractivity contribution is 0.191. The third-order valence-corrected chi connectivity index (χ3v) is 3.54. The Balaban J connectivity index is 0.00000180. The second kappa shape index (κ2) is 8.51. The fraction of sp³-hybridized carbons (Fsp3) is 0.846. The maximum Gasteiger partial charge on any atom is 0.141 e. The van der Waals surface area contributed by atoms with Crippen LogP contribution in [0, 0.1) is 0 Å². The number of rotatable bonds is 7.